The molecule has 0 unspecified atom stereocenters. The van der Waals surface area contributed by atoms with E-state index in [0.29, 0.717) is 34.9 Å². The average molecular weight is 1420 g/mol. The second kappa shape index (κ2) is 22.2. The van der Waals surface area contributed by atoms with Crippen molar-refractivity contribution in [1.82, 2.24) is 39.0 Å². The molecule has 0 aliphatic heterocycles. The summed E-state index contributed by atoms with van der Waals surface area (Å²) in [5.41, 5.74) is 22.4. The molecule has 26 rings (SSSR count). The van der Waals surface area contributed by atoms with E-state index >= 15 is 0 Å². The second-order valence-electron chi connectivity index (χ2n) is 29.8. The summed E-state index contributed by atoms with van der Waals surface area (Å²) in [4.78, 5) is 32.2. The third kappa shape index (κ3) is 8.19. The molecule has 2 aliphatic carbocycles. The van der Waals surface area contributed by atoms with Crippen LogP contribution in [-0.4, -0.2) is 39.0 Å². The molecule has 0 amide bonds. The van der Waals surface area contributed by atoms with Crippen molar-refractivity contribution >= 4 is 152 Å². The minimum atomic E-state index is 0.585. The Bertz CT molecular complexity index is 8330. The third-order valence-corrected chi connectivity index (χ3v) is 24.0. The Balaban J connectivity index is 0.634. The molecule has 10 heteroatoms. The zero-order chi connectivity index (χ0) is 72.7. The smallest absolute Gasteiger partial charge is 0.165 e. The minimum Gasteiger partial charge on any atom is -0.456 e. The van der Waals surface area contributed by atoms with Crippen molar-refractivity contribution in [2.24, 2.45) is 0 Å². The Hall–Kier alpha value is -15.3. The zero-order valence-corrected chi connectivity index (χ0v) is 59.6. The molecule has 0 fully saturated rings. The number of aromatic nitrogens is 8. The van der Waals surface area contributed by atoms with Gasteiger partial charge in [-0.05, 0) is 155 Å². The first kappa shape index (κ1) is 59.8. The molecule has 514 valence electrons. The van der Waals surface area contributed by atoms with E-state index < -0.39 is 0 Å². The Morgan fingerprint density at radius 3 is 1.20 bits per heavy atom. The molecule has 0 atom stereocenters. The molecular formula is C102H54N8O2. The summed E-state index contributed by atoms with van der Waals surface area (Å²) in [6, 6.07) is 117. The maximum atomic E-state index is 7.15. The molecule has 0 bridgehead atoms. The molecule has 10 nitrogen and oxygen atoms in total. The van der Waals surface area contributed by atoms with Crippen molar-refractivity contribution in [2.45, 2.75) is 0 Å². The first-order valence-electron chi connectivity index (χ1n) is 38.0. The summed E-state index contributed by atoms with van der Waals surface area (Å²) in [6.07, 6.45) is 0. The van der Waals surface area contributed by atoms with Crippen molar-refractivity contribution in [3.05, 3.63) is 328 Å². The van der Waals surface area contributed by atoms with E-state index in [0.717, 1.165) is 171 Å². The van der Waals surface area contributed by atoms with Gasteiger partial charge in [-0.25, -0.2) is 29.9 Å². The summed E-state index contributed by atoms with van der Waals surface area (Å²) in [5.74, 6) is 3.62. The Kier molecular flexibility index (Phi) is 11.9. The number of nitrogens with zero attached hydrogens (tertiary/aromatic N) is 8. The van der Waals surface area contributed by atoms with Crippen molar-refractivity contribution in [1.29, 1.82) is 0 Å². The van der Waals surface area contributed by atoms with Crippen LogP contribution in [0.2, 0.25) is 0 Å². The number of rotatable bonds is 9. The van der Waals surface area contributed by atoms with Crippen LogP contribution in [-0.2, 0) is 0 Å². The third-order valence-electron chi connectivity index (χ3n) is 24.0. The van der Waals surface area contributed by atoms with E-state index in [9.17, 15) is 0 Å². The minimum absolute atomic E-state index is 0.585. The van der Waals surface area contributed by atoms with Crippen molar-refractivity contribution in [2.75, 3.05) is 0 Å². The quantitative estimate of drug-likeness (QED) is 0.131. The molecule has 6 heterocycles. The van der Waals surface area contributed by atoms with Gasteiger partial charge in [0.2, 0.25) is 0 Å². The maximum absolute atomic E-state index is 7.15. The van der Waals surface area contributed by atoms with E-state index in [1.54, 1.807) is 0 Å². The molecule has 0 radical (unpaired) electrons. The van der Waals surface area contributed by atoms with Gasteiger partial charge in [0.25, 0.3) is 0 Å². The fourth-order valence-electron chi connectivity index (χ4n) is 19.3. The normalized spacial score (nSPS) is 12.5. The maximum Gasteiger partial charge on any atom is 0.165 e. The molecule has 0 N–H and O–H groups in total. The molecule has 2 aliphatic rings. The number of hydrogen-bond donors (Lipinski definition) is 0. The van der Waals surface area contributed by atoms with Crippen LogP contribution in [0.5, 0.6) is 0 Å². The molecule has 24 aromatic rings. The zero-order valence-electron chi connectivity index (χ0n) is 59.6. The summed E-state index contributed by atoms with van der Waals surface area (Å²) in [6.45, 7) is 0. The number of fused-ring (bicyclic) bond motifs is 6. The highest BCUT2D eigenvalue weighted by Crippen LogP contribution is 2.55. The van der Waals surface area contributed by atoms with Gasteiger partial charge in [0, 0.05) is 98.0 Å². The molecular weight excluding hydrogens is 1370 g/mol. The van der Waals surface area contributed by atoms with Crippen LogP contribution < -0.4 is 0 Å². The Morgan fingerprint density at radius 1 is 0.188 bits per heavy atom. The van der Waals surface area contributed by atoms with E-state index in [4.69, 9.17) is 38.7 Å². The predicted octanol–water partition coefficient (Wildman–Crippen LogP) is 26.6. The molecule has 112 heavy (non-hydrogen) atoms. The highest BCUT2D eigenvalue weighted by molar-refractivity contribution is 6.40. The van der Waals surface area contributed by atoms with Gasteiger partial charge in [0.05, 0.1) is 33.4 Å². The van der Waals surface area contributed by atoms with E-state index in [1.807, 2.05) is 42.5 Å². The standard InChI is InChI=1S/C102H54N8O2/c1-4-19-57(20-5-1)97-103-98(58-21-6-2-7-22-58)105-100(104-97)73-34-12-29-68-66(73)27-14-37-77(68)110-79-39-17-32-72-75-53-62(54-85-92(75)96-84(112-85)50-45-56-43-48-81(110)94(87(56)96)90(72)79)60-41-46-65-63(51-60)52-61-25-10-11-26-64(61)88(65)102-107-99(59-23-8-3-9-24-59)106-101(108-102)74-35-13-30-69-67(74)28-15-36-76(69)109-78-38-16-31-70-71-33-18-40-82-91(71)95-83(111-82)49-44-55-42-47-80(109)93(86(55)95)89(70)78/h1-54H. The number of furan rings is 2. The van der Waals surface area contributed by atoms with Gasteiger partial charge in [-0.15, -0.1) is 0 Å². The summed E-state index contributed by atoms with van der Waals surface area (Å²) in [5, 5.41) is 22.7. The first-order chi connectivity index (χ1) is 55.5. The second-order valence-corrected chi connectivity index (χ2v) is 29.8. The highest BCUT2D eigenvalue weighted by Gasteiger charge is 2.31. The van der Waals surface area contributed by atoms with Gasteiger partial charge >= 0.3 is 0 Å². The fraction of sp³-hybridized carbons (Fsp3) is 0. The van der Waals surface area contributed by atoms with Crippen molar-refractivity contribution in [3.8, 4) is 113 Å². The van der Waals surface area contributed by atoms with Gasteiger partial charge in [-0.3, -0.25) is 0 Å². The van der Waals surface area contributed by atoms with Crippen LogP contribution in [0.15, 0.2) is 336 Å². The lowest BCUT2D eigenvalue weighted by Gasteiger charge is -2.16. The lowest BCUT2D eigenvalue weighted by atomic mass is 9.91. The van der Waals surface area contributed by atoms with E-state index in [1.165, 1.54) is 59.6 Å². The van der Waals surface area contributed by atoms with Crippen LogP contribution >= 0.6 is 0 Å². The Morgan fingerprint density at radius 2 is 0.607 bits per heavy atom. The van der Waals surface area contributed by atoms with Gasteiger partial charge in [-0.2, -0.15) is 0 Å². The lowest BCUT2D eigenvalue weighted by Crippen LogP contribution is -2.02. The predicted molar refractivity (Wildman–Crippen MR) is 458 cm³/mol. The molecule has 6 aromatic heterocycles. The summed E-state index contributed by atoms with van der Waals surface area (Å²) in [7, 11) is 0. The monoisotopic (exact) mass is 1420 g/mol. The number of hydrogen-bond acceptors (Lipinski definition) is 8. The van der Waals surface area contributed by atoms with Crippen molar-refractivity contribution in [3.63, 3.8) is 0 Å². The van der Waals surface area contributed by atoms with Crippen LogP contribution in [0.4, 0.5) is 0 Å². The molecule has 0 saturated heterocycles. The van der Waals surface area contributed by atoms with Gasteiger partial charge in [0.15, 0.2) is 34.9 Å². The van der Waals surface area contributed by atoms with Gasteiger partial charge < -0.3 is 18.0 Å². The Labute approximate surface area is 636 Å². The van der Waals surface area contributed by atoms with Crippen LogP contribution in [0.3, 0.4) is 0 Å². The lowest BCUT2D eigenvalue weighted by molar-refractivity contribution is 0.669. The topological polar surface area (TPSA) is 113 Å². The van der Waals surface area contributed by atoms with Crippen LogP contribution in [0.1, 0.15) is 0 Å². The van der Waals surface area contributed by atoms with Crippen LogP contribution in [0.25, 0.3) is 265 Å². The first-order valence-corrected chi connectivity index (χ1v) is 38.0. The highest BCUT2D eigenvalue weighted by atomic mass is 16.3. The fourth-order valence-corrected chi connectivity index (χ4v) is 19.3. The molecule has 18 aromatic carbocycles. The molecule has 0 spiro atoms. The van der Waals surface area contributed by atoms with E-state index in [2.05, 4.69) is 294 Å². The summed E-state index contributed by atoms with van der Waals surface area (Å²) >= 11 is 0. The average Bonchev–Trinajstić information content (AvgIpc) is 1.52. The SMILES string of the molecule is c1ccc(-c2nc(-c3ccccc3)nc(-c3cccc4c(-n5c6cccc7c6c6c8c(ccc9oc%10cc(-c%11ccc%12c(-c%13nc(-c%14ccccc%14)nc(-c%14cccc%15c(-n%16c%17cccc%18c%17c%17c%19c(ccc%20oc%21cccc-%18c%21c%20%19)ccc%17%16)cccc%14%15)n%13)c%13ccccc%13cc%12c%11)cc-7c%10c98)ccc65)cccc34)n2)cc1. The largest absolute Gasteiger partial charge is 0.456 e. The van der Waals surface area contributed by atoms with Crippen LogP contribution in [0, 0.1) is 0 Å². The van der Waals surface area contributed by atoms with Gasteiger partial charge in [0.1, 0.15) is 22.3 Å². The van der Waals surface area contributed by atoms with Crippen molar-refractivity contribution < 1.29 is 8.83 Å². The summed E-state index contributed by atoms with van der Waals surface area (Å²) < 4.78 is 18.7. The van der Waals surface area contributed by atoms with Gasteiger partial charge in [-0.1, -0.05) is 249 Å². The number of benzene rings is 18. The van der Waals surface area contributed by atoms with E-state index in [-0.39, 0.29) is 0 Å². The molecule has 0 saturated carbocycles.